The van der Waals surface area contributed by atoms with Gasteiger partial charge in [0.2, 0.25) is 0 Å². The summed E-state index contributed by atoms with van der Waals surface area (Å²) >= 11 is 7.10. The van der Waals surface area contributed by atoms with E-state index in [0.29, 0.717) is 12.1 Å². The Bertz CT molecular complexity index is 380. The third kappa shape index (κ3) is 5.39. The Balaban J connectivity index is 2.56. The van der Waals surface area contributed by atoms with Gasteiger partial charge >= 0.3 is 0 Å². The normalized spacial score (nSPS) is 14.8. The summed E-state index contributed by atoms with van der Waals surface area (Å²) in [6.07, 6.45) is 1.16. The second kappa shape index (κ2) is 7.63. The van der Waals surface area contributed by atoms with Crippen molar-refractivity contribution in [3.05, 3.63) is 32.7 Å². The fourth-order valence-corrected chi connectivity index (χ4v) is 3.29. The number of benzene rings is 1. The SMILES string of the molecule is CC(CCN(C)C)NC(C)c1ccc(Br)cc1Br. The lowest BCUT2D eigenvalue weighted by atomic mass is 10.1. The van der Waals surface area contributed by atoms with Gasteiger partial charge in [0.25, 0.3) is 0 Å². The van der Waals surface area contributed by atoms with Crippen molar-refractivity contribution in [3.63, 3.8) is 0 Å². The van der Waals surface area contributed by atoms with E-state index in [4.69, 9.17) is 0 Å². The van der Waals surface area contributed by atoms with Crippen LogP contribution in [0.4, 0.5) is 0 Å². The Morgan fingerprint density at radius 2 is 1.89 bits per heavy atom. The van der Waals surface area contributed by atoms with Crippen LogP contribution < -0.4 is 5.32 Å². The summed E-state index contributed by atoms with van der Waals surface area (Å²) in [6.45, 7) is 5.56. The quantitative estimate of drug-likeness (QED) is 0.798. The molecule has 18 heavy (non-hydrogen) atoms. The van der Waals surface area contributed by atoms with Gasteiger partial charge in [-0.05, 0) is 58.6 Å². The molecule has 0 amide bonds. The summed E-state index contributed by atoms with van der Waals surface area (Å²) < 4.78 is 2.25. The maximum absolute atomic E-state index is 3.64. The molecular weight excluding hydrogens is 356 g/mol. The molecular formula is C14H22Br2N2. The van der Waals surface area contributed by atoms with Gasteiger partial charge in [-0.1, -0.05) is 37.9 Å². The Labute approximate surface area is 127 Å². The highest BCUT2D eigenvalue weighted by Crippen LogP contribution is 2.27. The van der Waals surface area contributed by atoms with Crippen molar-refractivity contribution >= 4 is 31.9 Å². The number of rotatable bonds is 6. The molecule has 0 heterocycles. The van der Waals surface area contributed by atoms with Crippen molar-refractivity contribution in [1.82, 2.24) is 10.2 Å². The average Bonchev–Trinajstić information content (AvgIpc) is 2.26. The van der Waals surface area contributed by atoms with Gasteiger partial charge in [-0.3, -0.25) is 0 Å². The van der Waals surface area contributed by atoms with Crippen molar-refractivity contribution < 1.29 is 0 Å². The predicted molar refractivity (Wildman–Crippen MR) is 86.0 cm³/mol. The van der Waals surface area contributed by atoms with Gasteiger partial charge in [-0.25, -0.2) is 0 Å². The fraction of sp³-hybridized carbons (Fsp3) is 0.571. The second-order valence-electron chi connectivity index (χ2n) is 5.05. The highest BCUT2D eigenvalue weighted by Gasteiger charge is 2.12. The molecule has 0 radical (unpaired) electrons. The number of halogens is 2. The lowest BCUT2D eigenvalue weighted by Crippen LogP contribution is -2.32. The first-order valence-electron chi connectivity index (χ1n) is 6.26. The van der Waals surface area contributed by atoms with Crippen LogP contribution in [0.2, 0.25) is 0 Å². The number of nitrogens with one attached hydrogen (secondary N) is 1. The summed E-state index contributed by atoms with van der Waals surface area (Å²) in [5.74, 6) is 0. The molecule has 0 spiro atoms. The summed E-state index contributed by atoms with van der Waals surface area (Å²) in [4.78, 5) is 2.22. The molecule has 2 nitrogen and oxygen atoms in total. The van der Waals surface area contributed by atoms with E-state index in [0.717, 1.165) is 21.9 Å². The molecule has 0 saturated carbocycles. The first-order chi connectivity index (χ1) is 8.40. The van der Waals surface area contributed by atoms with Crippen LogP contribution in [-0.4, -0.2) is 31.6 Å². The van der Waals surface area contributed by atoms with Crippen LogP contribution in [0.3, 0.4) is 0 Å². The molecule has 0 bridgehead atoms. The van der Waals surface area contributed by atoms with E-state index in [2.05, 4.69) is 88.2 Å². The predicted octanol–water partition coefficient (Wildman–Crippen LogP) is 4.20. The largest absolute Gasteiger partial charge is 0.309 e. The molecule has 2 unspecified atom stereocenters. The van der Waals surface area contributed by atoms with E-state index in [9.17, 15) is 0 Å². The highest BCUT2D eigenvalue weighted by molar-refractivity contribution is 9.11. The van der Waals surface area contributed by atoms with Gasteiger partial charge < -0.3 is 10.2 Å². The van der Waals surface area contributed by atoms with E-state index in [1.807, 2.05) is 0 Å². The van der Waals surface area contributed by atoms with Gasteiger partial charge in [0.05, 0.1) is 0 Å². The van der Waals surface area contributed by atoms with E-state index < -0.39 is 0 Å². The zero-order valence-electron chi connectivity index (χ0n) is 11.5. The molecule has 0 saturated heterocycles. The summed E-state index contributed by atoms with van der Waals surface area (Å²) in [6, 6.07) is 7.20. The molecule has 0 aliphatic heterocycles. The summed E-state index contributed by atoms with van der Waals surface area (Å²) in [7, 11) is 4.23. The summed E-state index contributed by atoms with van der Waals surface area (Å²) in [5, 5.41) is 3.64. The Morgan fingerprint density at radius 1 is 1.22 bits per heavy atom. The maximum atomic E-state index is 3.64. The van der Waals surface area contributed by atoms with Crippen LogP contribution in [0.1, 0.15) is 31.9 Å². The van der Waals surface area contributed by atoms with E-state index in [-0.39, 0.29) is 0 Å². The minimum Gasteiger partial charge on any atom is -0.309 e. The number of nitrogens with zero attached hydrogens (tertiary/aromatic N) is 1. The van der Waals surface area contributed by atoms with Gasteiger partial charge in [0.1, 0.15) is 0 Å². The van der Waals surface area contributed by atoms with Crippen LogP contribution in [0.25, 0.3) is 0 Å². The lowest BCUT2D eigenvalue weighted by molar-refractivity contribution is 0.354. The molecule has 1 aromatic rings. The van der Waals surface area contributed by atoms with Crippen molar-refractivity contribution in [1.29, 1.82) is 0 Å². The summed E-state index contributed by atoms with van der Waals surface area (Å²) in [5.41, 5.74) is 1.30. The van der Waals surface area contributed by atoms with Gasteiger partial charge in [0.15, 0.2) is 0 Å². The van der Waals surface area contributed by atoms with Gasteiger partial charge in [-0.15, -0.1) is 0 Å². The fourth-order valence-electron chi connectivity index (χ4n) is 1.90. The van der Waals surface area contributed by atoms with Crippen molar-refractivity contribution in [2.75, 3.05) is 20.6 Å². The van der Waals surface area contributed by atoms with Gasteiger partial charge in [0, 0.05) is 21.0 Å². The lowest BCUT2D eigenvalue weighted by Gasteiger charge is -2.22. The first kappa shape index (κ1) is 16.2. The molecule has 0 fully saturated rings. The number of hydrogen-bond donors (Lipinski definition) is 1. The first-order valence-corrected chi connectivity index (χ1v) is 7.84. The van der Waals surface area contributed by atoms with Crippen LogP contribution in [0.5, 0.6) is 0 Å². The van der Waals surface area contributed by atoms with E-state index in [1.54, 1.807) is 0 Å². The topological polar surface area (TPSA) is 15.3 Å². The molecule has 0 aliphatic rings. The van der Waals surface area contributed by atoms with Gasteiger partial charge in [-0.2, -0.15) is 0 Å². The smallest absolute Gasteiger partial charge is 0.0305 e. The third-order valence-electron chi connectivity index (χ3n) is 2.97. The van der Waals surface area contributed by atoms with E-state index >= 15 is 0 Å². The molecule has 1 N–H and O–H groups in total. The average molecular weight is 378 g/mol. The minimum atomic E-state index is 0.352. The third-order valence-corrected chi connectivity index (χ3v) is 4.15. The molecule has 1 rings (SSSR count). The Morgan fingerprint density at radius 3 is 2.44 bits per heavy atom. The van der Waals surface area contributed by atoms with Crippen molar-refractivity contribution in [2.24, 2.45) is 0 Å². The number of hydrogen-bond acceptors (Lipinski definition) is 2. The van der Waals surface area contributed by atoms with Crippen LogP contribution >= 0.6 is 31.9 Å². The zero-order chi connectivity index (χ0) is 13.7. The van der Waals surface area contributed by atoms with Crippen LogP contribution in [0, 0.1) is 0 Å². The molecule has 102 valence electrons. The molecule has 0 aliphatic carbocycles. The monoisotopic (exact) mass is 376 g/mol. The minimum absolute atomic E-state index is 0.352. The van der Waals surface area contributed by atoms with Crippen molar-refractivity contribution in [3.8, 4) is 0 Å². The van der Waals surface area contributed by atoms with Crippen LogP contribution in [-0.2, 0) is 0 Å². The molecule has 1 aromatic carbocycles. The van der Waals surface area contributed by atoms with E-state index in [1.165, 1.54) is 5.56 Å². The highest BCUT2D eigenvalue weighted by atomic mass is 79.9. The van der Waals surface area contributed by atoms with Crippen molar-refractivity contribution in [2.45, 2.75) is 32.4 Å². The molecule has 0 aromatic heterocycles. The second-order valence-corrected chi connectivity index (χ2v) is 6.82. The van der Waals surface area contributed by atoms with Crippen LogP contribution in [0.15, 0.2) is 27.1 Å². The Hall–Kier alpha value is 0.1000. The molecule has 4 heteroatoms. The standard InChI is InChI=1S/C14H22Br2N2/c1-10(7-8-18(3)4)17-11(2)13-6-5-12(15)9-14(13)16/h5-6,9-11,17H,7-8H2,1-4H3. The zero-order valence-corrected chi connectivity index (χ0v) is 14.7. The molecule has 2 atom stereocenters. The maximum Gasteiger partial charge on any atom is 0.0305 e. The Kier molecular flexibility index (Phi) is 6.85.